The zero-order chi connectivity index (χ0) is 10.5. The number of benzene rings is 1. The van der Waals surface area contributed by atoms with Crippen molar-refractivity contribution in [2.45, 2.75) is 11.8 Å². The quantitative estimate of drug-likeness (QED) is 0.566. The highest BCUT2D eigenvalue weighted by Crippen LogP contribution is 2.47. The fourth-order valence-corrected chi connectivity index (χ4v) is 3.36. The van der Waals surface area contributed by atoms with E-state index in [2.05, 4.69) is 60.7 Å². The standard InChI is InChI=1S/C16H14/c1-2-4-16-14-10-9-13(15(16)3-1)11-5-7-12(14)8-6-11/h1-14H. The van der Waals surface area contributed by atoms with Gasteiger partial charge < -0.3 is 0 Å². The first kappa shape index (κ1) is 8.58. The summed E-state index contributed by atoms with van der Waals surface area (Å²) in [5, 5.41) is 0. The summed E-state index contributed by atoms with van der Waals surface area (Å²) in [6, 6.07) is 8.95. The third-order valence-electron chi connectivity index (χ3n) is 4.18. The highest BCUT2D eigenvalue weighted by molar-refractivity contribution is 5.48. The molecule has 16 heavy (non-hydrogen) atoms. The van der Waals surface area contributed by atoms with Gasteiger partial charge in [-0.25, -0.2) is 0 Å². The Morgan fingerprint density at radius 2 is 1.00 bits per heavy atom. The summed E-state index contributed by atoms with van der Waals surface area (Å²) in [6.45, 7) is 0. The van der Waals surface area contributed by atoms with Crippen molar-refractivity contribution >= 4 is 0 Å². The van der Waals surface area contributed by atoms with E-state index in [-0.39, 0.29) is 0 Å². The monoisotopic (exact) mass is 206 g/mol. The van der Waals surface area contributed by atoms with Crippen LogP contribution in [0.1, 0.15) is 23.0 Å². The minimum Gasteiger partial charge on any atom is -0.0801 e. The Morgan fingerprint density at radius 1 is 0.562 bits per heavy atom. The number of hydrogen-bond donors (Lipinski definition) is 0. The van der Waals surface area contributed by atoms with Gasteiger partial charge in [-0.05, 0) is 11.1 Å². The molecule has 0 radical (unpaired) electrons. The van der Waals surface area contributed by atoms with Crippen molar-refractivity contribution in [1.82, 2.24) is 0 Å². The second-order valence-electron chi connectivity index (χ2n) is 4.99. The Bertz CT molecular complexity index is 460. The first-order valence-electron chi connectivity index (χ1n) is 6.07. The lowest BCUT2D eigenvalue weighted by atomic mass is 9.67. The summed E-state index contributed by atoms with van der Waals surface area (Å²) < 4.78 is 0. The van der Waals surface area contributed by atoms with Gasteiger partial charge in [0.05, 0.1) is 0 Å². The largest absolute Gasteiger partial charge is 0.0801 e. The van der Waals surface area contributed by atoms with Crippen molar-refractivity contribution < 1.29 is 0 Å². The maximum atomic E-state index is 2.41. The molecule has 0 heterocycles. The smallest absolute Gasteiger partial charge is 0.0119 e. The van der Waals surface area contributed by atoms with Crippen LogP contribution in [0.3, 0.4) is 0 Å². The van der Waals surface area contributed by atoms with Crippen LogP contribution in [0.2, 0.25) is 0 Å². The highest BCUT2D eigenvalue weighted by atomic mass is 14.4. The van der Waals surface area contributed by atoms with Crippen molar-refractivity contribution in [1.29, 1.82) is 0 Å². The van der Waals surface area contributed by atoms with E-state index in [9.17, 15) is 0 Å². The first-order chi connectivity index (χ1) is 7.93. The van der Waals surface area contributed by atoms with Crippen LogP contribution in [0.25, 0.3) is 0 Å². The molecule has 0 spiro atoms. The number of hydrogen-bond acceptors (Lipinski definition) is 0. The molecule has 0 aliphatic heterocycles. The number of rotatable bonds is 0. The minimum atomic E-state index is 0.557. The summed E-state index contributed by atoms with van der Waals surface area (Å²) in [5.41, 5.74) is 3.08. The maximum absolute atomic E-state index is 2.41. The summed E-state index contributed by atoms with van der Waals surface area (Å²) in [5.74, 6) is 2.24. The Labute approximate surface area is 96.0 Å². The van der Waals surface area contributed by atoms with Gasteiger partial charge in [-0.2, -0.15) is 0 Å². The molecule has 2 atom stereocenters. The van der Waals surface area contributed by atoms with Gasteiger partial charge in [-0.1, -0.05) is 60.7 Å². The molecular formula is C16H14. The molecule has 0 nitrogen and oxygen atoms in total. The average Bonchev–Trinajstić information content (AvgIpc) is 2.33. The Morgan fingerprint density at radius 3 is 1.44 bits per heavy atom. The molecule has 1 aromatic rings. The van der Waals surface area contributed by atoms with Crippen LogP contribution in [0.5, 0.6) is 0 Å². The van der Waals surface area contributed by atoms with E-state index < -0.39 is 0 Å². The van der Waals surface area contributed by atoms with Gasteiger partial charge in [0.15, 0.2) is 0 Å². The summed E-state index contributed by atoms with van der Waals surface area (Å²) in [7, 11) is 0. The predicted octanol–water partition coefficient (Wildman–Crippen LogP) is 3.80. The molecule has 4 bridgehead atoms. The fourth-order valence-electron chi connectivity index (χ4n) is 3.36. The van der Waals surface area contributed by atoms with Crippen LogP contribution in [-0.2, 0) is 0 Å². The van der Waals surface area contributed by atoms with Crippen LogP contribution < -0.4 is 0 Å². The van der Waals surface area contributed by atoms with E-state index in [4.69, 9.17) is 0 Å². The third-order valence-corrected chi connectivity index (χ3v) is 4.18. The van der Waals surface area contributed by atoms with Crippen LogP contribution in [-0.4, -0.2) is 0 Å². The van der Waals surface area contributed by atoms with Crippen LogP contribution in [0.4, 0.5) is 0 Å². The third kappa shape index (κ3) is 0.996. The molecule has 7 rings (SSSR count). The molecule has 0 fully saturated rings. The van der Waals surface area contributed by atoms with E-state index in [1.165, 1.54) is 0 Å². The zero-order valence-electron chi connectivity index (χ0n) is 9.08. The second kappa shape index (κ2) is 2.98. The van der Waals surface area contributed by atoms with Gasteiger partial charge in [-0.15, -0.1) is 0 Å². The van der Waals surface area contributed by atoms with E-state index in [0.717, 1.165) is 0 Å². The molecule has 0 saturated carbocycles. The lowest BCUT2D eigenvalue weighted by molar-refractivity contribution is 0.569. The van der Waals surface area contributed by atoms with Crippen molar-refractivity contribution in [3.63, 3.8) is 0 Å². The van der Waals surface area contributed by atoms with E-state index >= 15 is 0 Å². The maximum Gasteiger partial charge on any atom is 0.0119 e. The predicted molar refractivity (Wildman–Crippen MR) is 66.3 cm³/mol. The lowest BCUT2D eigenvalue weighted by Crippen LogP contribution is -2.24. The highest BCUT2D eigenvalue weighted by Gasteiger charge is 2.33. The average molecular weight is 206 g/mol. The van der Waals surface area contributed by atoms with Crippen molar-refractivity contribution in [3.05, 3.63) is 71.8 Å². The summed E-state index contributed by atoms with van der Waals surface area (Å²) >= 11 is 0. The topological polar surface area (TPSA) is 0 Å². The summed E-state index contributed by atoms with van der Waals surface area (Å²) in [6.07, 6.45) is 14.4. The molecule has 6 aliphatic carbocycles. The van der Waals surface area contributed by atoms with E-state index in [1.807, 2.05) is 0 Å². The molecule has 1 aromatic carbocycles. The van der Waals surface area contributed by atoms with Crippen LogP contribution in [0, 0.1) is 11.8 Å². The molecule has 0 aromatic heterocycles. The van der Waals surface area contributed by atoms with Crippen molar-refractivity contribution in [3.8, 4) is 0 Å². The van der Waals surface area contributed by atoms with Gasteiger partial charge in [0.25, 0.3) is 0 Å². The van der Waals surface area contributed by atoms with Crippen LogP contribution in [0.15, 0.2) is 60.7 Å². The second-order valence-corrected chi connectivity index (χ2v) is 4.99. The molecular weight excluding hydrogens is 192 g/mol. The van der Waals surface area contributed by atoms with E-state index in [1.54, 1.807) is 11.1 Å². The van der Waals surface area contributed by atoms with Crippen LogP contribution >= 0.6 is 0 Å². The molecule has 78 valence electrons. The molecule has 2 unspecified atom stereocenters. The summed E-state index contributed by atoms with van der Waals surface area (Å²) in [4.78, 5) is 0. The van der Waals surface area contributed by atoms with Gasteiger partial charge in [0.2, 0.25) is 0 Å². The Balaban J connectivity index is 2.01. The van der Waals surface area contributed by atoms with Crippen molar-refractivity contribution in [2.24, 2.45) is 11.8 Å². The SMILES string of the molecule is C1=CC2C=CC1C1C=CC2c2ccccc21. The zero-order valence-corrected chi connectivity index (χ0v) is 9.08. The molecule has 0 N–H and O–H groups in total. The Hall–Kier alpha value is -1.56. The van der Waals surface area contributed by atoms with Crippen molar-refractivity contribution in [2.75, 3.05) is 0 Å². The van der Waals surface area contributed by atoms with E-state index in [0.29, 0.717) is 23.7 Å². The first-order valence-corrected chi connectivity index (χ1v) is 6.07. The lowest BCUT2D eigenvalue weighted by Gasteiger charge is -2.37. The number of allylic oxidation sites excluding steroid dienone is 6. The normalized spacial score (nSPS) is 37.2. The molecule has 6 aliphatic rings. The van der Waals surface area contributed by atoms with Gasteiger partial charge in [0.1, 0.15) is 0 Å². The van der Waals surface area contributed by atoms with Gasteiger partial charge in [0, 0.05) is 23.7 Å². The Kier molecular flexibility index (Phi) is 1.59. The molecule has 0 amide bonds. The minimum absolute atomic E-state index is 0.557. The van der Waals surface area contributed by atoms with Gasteiger partial charge in [-0.3, -0.25) is 0 Å². The van der Waals surface area contributed by atoms with Gasteiger partial charge >= 0.3 is 0 Å². The molecule has 0 heteroatoms. The fraction of sp³-hybridized carbons (Fsp3) is 0.250. The molecule has 0 saturated heterocycles.